The summed E-state index contributed by atoms with van der Waals surface area (Å²) in [5.74, 6) is -0.661. The highest BCUT2D eigenvalue weighted by molar-refractivity contribution is 6.22. The lowest BCUT2D eigenvalue weighted by Crippen LogP contribution is -2.20. The number of nitrogens with zero attached hydrogens (tertiary/aromatic N) is 2. The molecule has 1 aromatic heterocycles. The predicted molar refractivity (Wildman–Crippen MR) is 98.3 cm³/mol. The standard InChI is InChI=1S/C19H13F3N4O3/c20-10-2-3-11-12(6-10)17(23-7-15(11)27)9-1-4-13-14(5-9)25-18(24-13)26-19(28)29-8-16(21)22/h1-6,16H,7-8H2,(H2,24,25,26,28). The first kappa shape index (κ1) is 18.7. The molecule has 0 spiro atoms. The van der Waals surface area contributed by atoms with E-state index < -0.39 is 24.9 Å². The van der Waals surface area contributed by atoms with E-state index in [2.05, 4.69) is 25.0 Å². The number of aromatic amines is 1. The van der Waals surface area contributed by atoms with Crippen molar-refractivity contribution < 1.29 is 27.5 Å². The Hall–Kier alpha value is -3.69. The van der Waals surface area contributed by atoms with E-state index in [4.69, 9.17) is 0 Å². The minimum atomic E-state index is -2.77. The summed E-state index contributed by atoms with van der Waals surface area (Å²) in [7, 11) is 0. The van der Waals surface area contributed by atoms with Gasteiger partial charge in [0.1, 0.15) is 12.4 Å². The molecule has 2 aromatic carbocycles. The fraction of sp³-hybridized carbons (Fsp3) is 0.158. The normalized spacial score (nSPS) is 13.4. The number of fused-ring (bicyclic) bond motifs is 2. The number of hydrogen-bond acceptors (Lipinski definition) is 5. The number of aromatic nitrogens is 2. The lowest BCUT2D eigenvalue weighted by Gasteiger charge is -2.16. The summed E-state index contributed by atoms with van der Waals surface area (Å²) in [6.07, 6.45) is -3.83. The van der Waals surface area contributed by atoms with Crippen LogP contribution in [0.1, 0.15) is 21.5 Å². The Kier molecular flexibility index (Phi) is 4.75. The fourth-order valence-electron chi connectivity index (χ4n) is 3.01. The van der Waals surface area contributed by atoms with E-state index >= 15 is 0 Å². The lowest BCUT2D eigenvalue weighted by atomic mass is 9.92. The van der Waals surface area contributed by atoms with Gasteiger partial charge in [-0.25, -0.2) is 22.9 Å². The highest BCUT2D eigenvalue weighted by Crippen LogP contribution is 2.24. The molecule has 0 atom stereocenters. The van der Waals surface area contributed by atoms with E-state index in [1.807, 2.05) is 0 Å². The Balaban J connectivity index is 1.63. The van der Waals surface area contributed by atoms with Crippen LogP contribution in [-0.2, 0) is 4.74 Å². The van der Waals surface area contributed by atoms with Crippen molar-refractivity contribution in [3.05, 3.63) is 58.9 Å². The van der Waals surface area contributed by atoms with Gasteiger partial charge in [-0.1, -0.05) is 6.07 Å². The third kappa shape index (κ3) is 3.82. The van der Waals surface area contributed by atoms with E-state index in [1.54, 1.807) is 18.2 Å². The molecule has 148 valence electrons. The van der Waals surface area contributed by atoms with Crippen LogP contribution in [0.5, 0.6) is 0 Å². The van der Waals surface area contributed by atoms with Crippen molar-refractivity contribution in [1.82, 2.24) is 9.97 Å². The van der Waals surface area contributed by atoms with Crippen molar-refractivity contribution in [3.8, 4) is 0 Å². The van der Waals surface area contributed by atoms with Crippen LogP contribution < -0.4 is 5.32 Å². The van der Waals surface area contributed by atoms with Gasteiger partial charge in [0.2, 0.25) is 5.95 Å². The summed E-state index contributed by atoms with van der Waals surface area (Å²) in [5, 5.41) is 2.23. The van der Waals surface area contributed by atoms with Gasteiger partial charge in [0.05, 0.1) is 16.7 Å². The minimum absolute atomic E-state index is 0.0172. The summed E-state index contributed by atoms with van der Waals surface area (Å²) in [6, 6.07) is 8.95. The molecule has 2 heterocycles. The monoisotopic (exact) mass is 402 g/mol. The van der Waals surface area contributed by atoms with E-state index in [9.17, 15) is 22.8 Å². The molecule has 0 aliphatic carbocycles. The van der Waals surface area contributed by atoms with Crippen molar-refractivity contribution in [2.45, 2.75) is 6.43 Å². The first-order chi connectivity index (χ1) is 13.9. The zero-order valence-electron chi connectivity index (χ0n) is 14.7. The van der Waals surface area contributed by atoms with Crippen LogP contribution in [0.25, 0.3) is 11.0 Å². The lowest BCUT2D eigenvalue weighted by molar-refractivity contribution is 0.0547. The topological polar surface area (TPSA) is 96.4 Å². The van der Waals surface area contributed by atoms with Gasteiger partial charge in [0.25, 0.3) is 6.43 Å². The number of ketones is 1. The number of halogens is 3. The number of carbonyl (C=O) groups is 2. The summed E-state index contributed by atoms with van der Waals surface area (Å²) in [6.45, 7) is -1.07. The molecule has 0 saturated heterocycles. The molecular weight excluding hydrogens is 389 g/mol. The molecule has 0 bridgehead atoms. The van der Waals surface area contributed by atoms with Gasteiger partial charge >= 0.3 is 6.09 Å². The highest BCUT2D eigenvalue weighted by atomic mass is 19.3. The molecular formula is C19H13F3N4O3. The second kappa shape index (κ2) is 7.38. The quantitative estimate of drug-likeness (QED) is 0.698. The summed E-state index contributed by atoms with van der Waals surface area (Å²) in [5.41, 5.74) is 2.88. The Labute approximate surface area is 161 Å². The molecule has 7 nitrogen and oxygen atoms in total. The average Bonchev–Trinajstić information content (AvgIpc) is 3.08. The van der Waals surface area contributed by atoms with Crippen molar-refractivity contribution >= 4 is 34.6 Å². The fourth-order valence-corrected chi connectivity index (χ4v) is 3.01. The number of ether oxygens (including phenoxy) is 1. The SMILES string of the molecule is O=C(Nc1nc2ccc(C3=NCC(=O)c4ccc(F)cc43)cc2[nH]1)OCC(F)F. The molecule has 29 heavy (non-hydrogen) atoms. The number of rotatable bonds is 4. The minimum Gasteiger partial charge on any atom is -0.443 e. The Morgan fingerprint density at radius 2 is 2.03 bits per heavy atom. The molecule has 0 radical (unpaired) electrons. The number of hydrogen-bond donors (Lipinski definition) is 2. The number of anilines is 1. The number of alkyl halides is 2. The number of aliphatic imine (C=N–C) groups is 1. The Morgan fingerprint density at radius 3 is 2.83 bits per heavy atom. The van der Waals surface area contributed by atoms with Crippen LogP contribution in [0.15, 0.2) is 41.4 Å². The maximum Gasteiger partial charge on any atom is 0.414 e. The number of Topliss-reactive ketones (excluding diaryl/α,β-unsaturated/α-hetero) is 1. The largest absolute Gasteiger partial charge is 0.443 e. The van der Waals surface area contributed by atoms with Crippen LogP contribution in [0.3, 0.4) is 0 Å². The summed E-state index contributed by atoms with van der Waals surface area (Å²) in [4.78, 5) is 34.8. The molecule has 1 aliphatic heterocycles. The van der Waals surface area contributed by atoms with Crippen LogP contribution in [0.4, 0.5) is 23.9 Å². The van der Waals surface area contributed by atoms with Crippen LogP contribution in [0.2, 0.25) is 0 Å². The number of H-pyrrole nitrogens is 1. The van der Waals surface area contributed by atoms with Gasteiger partial charge in [-0.2, -0.15) is 0 Å². The average molecular weight is 402 g/mol. The maximum absolute atomic E-state index is 13.7. The van der Waals surface area contributed by atoms with Gasteiger partial charge < -0.3 is 9.72 Å². The van der Waals surface area contributed by atoms with E-state index in [0.29, 0.717) is 33.4 Å². The van der Waals surface area contributed by atoms with Crippen LogP contribution in [0, 0.1) is 5.82 Å². The summed E-state index contributed by atoms with van der Waals surface area (Å²) >= 11 is 0. The molecule has 2 N–H and O–H groups in total. The van der Waals surface area contributed by atoms with E-state index in [1.165, 1.54) is 18.2 Å². The van der Waals surface area contributed by atoms with E-state index in [0.717, 1.165) is 0 Å². The predicted octanol–water partition coefficient (Wildman–Crippen LogP) is 3.55. The van der Waals surface area contributed by atoms with Gasteiger partial charge in [-0.05, 0) is 30.3 Å². The molecule has 1 aliphatic rings. The van der Waals surface area contributed by atoms with Gasteiger partial charge in [-0.3, -0.25) is 15.1 Å². The molecule has 0 unspecified atom stereocenters. The van der Waals surface area contributed by atoms with Crippen LogP contribution >= 0.6 is 0 Å². The van der Waals surface area contributed by atoms with Gasteiger partial charge in [0.15, 0.2) is 12.4 Å². The second-order valence-corrected chi connectivity index (χ2v) is 6.21. The smallest absolute Gasteiger partial charge is 0.414 e. The molecule has 0 saturated carbocycles. The van der Waals surface area contributed by atoms with Gasteiger partial charge in [0, 0.05) is 16.7 Å². The maximum atomic E-state index is 13.7. The molecule has 10 heteroatoms. The highest BCUT2D eigenvalue weighted by Gasteiger charge is 2.22. The van der Waals surface area contributed by atoms with Crippen molar-refractivity contribution in [3.63, 3.8) is 0 Å². The number of carbonyl (C=O) groups excluding carboxylic acids is 2. The number of imidazole rings is 1. The summed E-state index contributed by atoms with van der Waals surface area (Å²) < 4.78 is 42.2. The molecule has 1 amide bonds. The van der Waals surface area contributed by atoms with Crippen LogP contribution in [-0.4, -0.2) is 47.1 Å². The molecule has 4 rings (SSSR count). The third-order valence-corrected chi connectivity index (χ3v) is 4.23. The zero-order chi connectivity index (χ0) is 20.5. The molecule has 0 fully saturated rings. The Bertz CT molecular complexity index is 1160. The first-order valence-corrected chi connectivity index (χ1v) is 8.50. The molecule has 3 aromatic rings. The van der Waals surface area contributed by atoms with Crippen molar-refractivity contribution in [2.75, 3.05) is 18.5 Å². The first-order valence-electron chi connectivity index (χ1n) is 8.50. The number of amides is 1. The van der Waals surface area contributed by atoms with E-state index in [-0.39, 0.29) is 18.3 Å². The third-order valence-electron chi connectivity index (χ3n) is 4.23. The van der Waals surface area contributed by atoms with Crippen molar-refractivity contribution in [1.29, 1.82) is 0 Å². The van der Waals surface area contributed by atoms with Crippen molar-refractivity contribution in [2.24, 2.45) is 4.99 Å². The van der Waals surface area contributed by atoms with Gasteiger partial charge in [-0.15, -0.1) is 0 Å². The second-order valence-electron chi connectivity index (χ2n) is 6.21. The zero-order valence-corrected chi connectivity index (χ0v) is 14.7. The number of benzene rings is 2. The Morgan fingerprint density at radius 1 is 1.21 bits per heavy atom. The number of nitrogens with one attached hydrogen (secondary N) is 2.